The third-order valence-corrected chi connectivity index (χ3v) is 4.31. The van der Waals surface area contributed by atoms with Crippen LogP contribution >= 0.6 is 0 Å². The lowest BCUT2D eigenvalue weighted by Crippen LogP contribution is -2.33. The van der Waals surface area contributed by atoms with E-state index in [-0.39, 0.29) is 6.54 Å². The van der Waals surface area contributed by atoms with Gasteiger partial charge in [-0.1, -0.05) is 0 Å². The van der Waals surface area contributed by atoms with E-state index in [1.165, 1.54) is 16.9 Å². The Morgan fingerprint density at radius 2 is 1.86 bits per heavy atom. The summed E-state index contributed by atoms with van der Waals surface area (Å²) < 4.78 is 16.0. The highest BCUT2D eigenvalue weighted by atomic mass is 19.1. The van der Waals surface area contributed by atoms with Crippen molar-refractivity contribution in [3.05, 3.63) is 65.5 Å². The van der Waals surface area contributed by atoms with E-state index < -0.39 is 17.6 Å². The van der Waals surface area contributed by atoms with Gasteiger partial charge in [0.25, 0.3) is 5.91 Å². The Morgan fingerprint density at radius 1 is 1.14 bits per heavy atom. The predicted molar refractivity (Wildman–Crippen MR) is 103 cm³/mol. The maximum Gasteiger partial charge on any atom is 0.269 e. The summed E-state index contributed by atoms with van der Waals surface area (Å²) in [5.74, 6) is -1.33. The van der Waals surface area contributed by atoms with E-state index in [0.29, 0.717) is 16.9 Å². The van der Waals surface area contributed by atoms with Gasteiger partial charge in [-0.25, -0.2) is 4.39 Å². The molecule has 0 aliphatic rings. The van der Waals surface area contributed by atoms with Gasteiger partial charge in [-0.15, -0.1) is 0 Å². The SMILES string of the molecule is Cc1cncc(C)c1-c1ccc(NC(=O)CNC(=O)c2ccnn2C)cc1F. The van der Waals surface area contributed by atoms with Gasteiger partial charge < -0.3 is 10.6 Å². The van der Waals surface area contributed by atoms with Crippen LogP contribution in [0.3, 0.4) is 0 Å². The van der Waals surface area contributed by atoms with Gasteiger partial charge in [0.15, 0.2) is 0 Å². The molecular weight excluding hydrogens is 361 g/mol. The van der Waals surface area contributed by atoms with Crippen molar-refractivity contribution in [2.45, 2.75) is 13.8 Å². The molecule has 0 unspecified atom stereocenters. The molecule has 28 heavy (non-hydrogen) atoms. The number of nitrogens with zero attached hydrogens (tertiary/aromatic N) is 3. The van der Waals surface area contributed by atoms with Crippen molar-refractivity contribution in [3.63, 3.8) is 0 Å². The minimum atomic E-state index is -0.459. The van der Waals surface area contributed by atoms with Crippen LogP contribution < -0.4 is 10.6 Å². The van der Waals surface area contributed by atoms with E-state index in [1.54, 1.807) is 37.6 Å². The molecule has 2 amide bonds. The topological polar surface area (TPSA) is 88.9 Å². The fraction of sp³-hybridized carbons (Fsp3) is 0.200. The van der Waals surface area contributed by atoms with Crippen LogP contribution in [0, 0.1) is 19.7 Å². The highest BCUT2D eigenvalue weighted by Crippen LogP contribution is 2.30. The Balaban J connectivity index is 1.67. The summed E-state index contributed by atoms with van der Waals surface area (Å²) in [5, 5.41) is 8.98. The minimum Gasteiger partial charge on any atom is -0.342 e. The average molecular weight is 381 g/mol. The summed E-state index contributed by atoms with van der Waals surface area (Å²) in [6, 6.07) is 6.05. The summed E-state index contributed by atoms with van der Waals surface area (Å²) in [4.78, 5) is 28.1. The zero-order valence-corrected chi connectivity index (χ0v) is 15.8. The van der Waals surface area contributed by atoms with E-state index in [0.717, 1.165) is 16.7 Å². The Hall–Kier alpha value is -3.55. The fourth-order valence-corrected chi connectivity index (χ4v) is 2.97. The molecule has 2 N–H and O–H groups in total. The molecule has 0 aliphatic heterocycles. The standard InChI is InChI=1S/C20H20FN5O2/c1-12-9-22-10-13(2)19(12)15-5-4-14(8-16(15)21)25-18(27)11-23-20(28)17-6-7-24-26(17)3/h4-10H,11H2,1-3H3,(H,23,28)(H,25,27). The zero-order valence-electron chi connectivity index (χ0n) is 15.8. The number of aromatic nitrogens is 3. The molecule has 1 aromatic carbocycles. The number of nitrogens with one attached hydrogen (secondary N) is 2. The van der Waals surface area contributed by atoms with Crippen molar-refractivity contribution in [1.82, 2.24) is 20.1 Å². The smallest absolute Gasteiger partial charge is 0.269 e. The number of carbonyl (C=O) groups is 2. The van der Waals surface area contributed by atoms with Gasteiger partial charge in [0.1, 0.15) is 11.5 Å². The molecule has 2 heterocycles. The number of benzene rings is 1. The largest absolute Gasteiger partial charge is 0.342 e. The lowest BCUT2D eigenvalue weighted by molar-refractivity contribution is -0.115. The van der Waals surface area contributed by atoms with Crippen molar-refractivity contribution < 1.29 is 14.0 Å². The third-order valence-electron chi connectivity index (χ3n) is 4.31. The van der Waals surface area contributed by atoms with Crippen LogP contribution in [0.2, 0.25) is 0 Å². The molecule has 3 rings (SSSR count). The molecule has 0 aliphatic carbocycles. The summed E-state index contributed by atoms with van der Waals surface area (Å²) in [7, 11) is 1.63. The molecule has 0 saturated heterocycles. The lowest BCUT2D eigenvalue weighted by atomic mass is 9.97. The minimum absolute atomic E-state index is 0.240. The monoisotopic (exact) mass is 381 g/mol. The van der Waals surface area contributed by atoms with Gasteiger partial charge in [0.2, 0.25) is 5.91 Å². The summed E-state index contributed by atoms with van der Waals surface area (Å²) in [6.07, 6.45) is 4.86. The molecule has 2 aromatic heterocycles. The van der Waals surface area contributed by atoms with Crippen LogP contribution in [-0.4, -0.2) is 33.1 Å². The van der Waals surface area contributed by atoms with Gasteiger partial charge in [0, 0.05) is 36.9 Å². The number of pyridine rings is 1. The molecule has 0 fully saturated rings. The van der Waals surface area contributed by atoms with Crippen molar-refractivity contribution in [1.29, 1.82) is 0 Å². The van der Waals surface area contributed by atoms with Gasteiger partial charge in [0.05, 0.1) is 6.54 Å². The average Bonchev–Trinajstić information content (AvgIpc) is 3.07. The summed E-state index contributed by atoms with van der Waals surface area (Å²) in [6.45, 7) is 3.50. The molecule has 0 radical (unpaired) electrons. The quantitative estimate of drug-likeness (QED) is 0.711. The second-order valence-corrected chi connectivity index (χ2v) is 6.41. The van der Waals surface area contributed by atoms with Crippen LogP contribution in [-0.2, 0) is 11.8 Å². The van der Waals surface area contributed by atoms with Crippen LogP contribution in [0.15, 0.2) is 42.9 Å². The third kappa shape index (κ3) is 4.06. The van der Waals surface area contributed by atoms with E-state index >= 15 is 0 Å². The number of hydrogen-bond acceptors (Lipinski definition) is 4. The predicted octanol–water partition coefficient (Wildman–Crippen LogP) is 2.61. The second-order valence-electron chi connectivity index (χ2n) is 6.41. The molecule has 0 atom stereocenters. The molecule has 144 valence electrons. The maximum absolute atomic E-state index is 14.6. The highest BCUT2D eigenvalue weighted by molar-refractivity contribution is 5.98. The molecule has 3 aromatic rings. The van der Waals surface area contributed by atoms with Gasteiger partial charge >= 0.3 is 0 Å². The Kier molecular flexibility index (Phi) is 5.49. The number of carbonyl (C=O) groups excluding carboxylic acids is 2. The van der Waals surface area contributed by atoms with Crippen LogP contribution in [0.25, 0.3) is 11.1 Å². The fourth-order valence-electron chi connectivity index (χ4n) is 2.97. The lowest BCUT2D eigenvalue weighted by Gasteiger charge is -2.12. The Labute approximate surface area is 161 Å². The van der Waals surface area contributed by atoms with Gasteiger partial charge in [-0.2, -0.15) is 5.10 Å². The number of anilines is 1. The molecule has 8 heteroatoms. The van der Waals surface area contributed by atoms with Crippen LogP contribution in [0.5, 0.6) is 0 Å². The van der Waals surface area contributed by atoms with Crippen molar-refractivity contribution in [2.24, 2.45) is 7.05 Å². The van der Waals surface area contributed by atoms with E-state index in [4.69, 9.17) is 0 Å². The van der Waals surface area contributed by atoms with E-state index in [1.807, 2.05) is 13.8 Å². The van der Waals surface area contributed by atoms with E-state index in [9.17, 15) is 14.0 Å². The first kappa shape index (κ1) is 19.2. The Morgan fingerprint density at radius 3 is 2.46 bits per heavy atom. The maximum atomic E-state index is 14.6. The van der Waals surface area contributed by atoms with Gasteiger partial charge in [-0.3, -0.25) is 19.3 Å². The molecular formula is C20H20FN5O2. The zero-order chi connectivity index (χ0) is 20.3. The molecule has 0 spiro atoms. The molecule has 7 nitrogen and oxygen atoms in total. The van der Waals surface area contributed by atoms with Crippen LogP contribution in [0.4, 0.5) is 10.1 Å². The normalized spacial score (nSPS) is 10.6. The number of amides is 2. The number of aryl methyl sites for hydroxylation is 3. The van der Waals surface area contributed by atoms with Crippen molar-refractivity contribution in [3.8, 4) is 11.1 Å². The number of halogens is 1. The van der Waals surface area contributed by atoms with Gasteiger partial charge in [-0.05, 0) is 54.8 Å². The Bertz CT molecular complexity index is 1020. The van der Waals surface area contributed by atoms with Crippen molar-refractivity contribution in [2.75, 3.05) is 11.9 Å². The van der Waals surface area contributed by atoms with Crippen molar-refractivity contribution >= 4 is 17.5 Å². The number of hydrogen-bond donors (Lipinski definition) is 2. The first-order chi connectivity index (χ1) is 13.4. The molecule has 0 bridgehead atoms. The molecule has 0 saturated carbocycles. The van der Waals surface area contributed by atoms with E-state index in [2.05, 4.69) is 20.7 Å². The second kappa shape index (κ2) is 7.99. The first-order valence-electron chi connectivity index (χ1n) is 8.64. The first-order valence-corrected chi connectivity index (χ1v) is 8.64. The highest BCUT2D eigenvalue weighted by Gasteiger charge is 2.14. The van der Waals surface area contributed by atoms with Crippen LogP contribution in [0.1, 0.15) is 21.6 Å². The summed E-state index contributed by atoms with van der Waals surface area (Å²) >= 11 is 0. The number of rotatable bonds is 5. The summed E-state index contributed by atoms with van der Waals surface area (Å²) in [5.41, 5.74) is 3.62.